The Kier molecular flexibility index (Phi) is 4.70. The monoisotopic (exact) mass is 305 g/mol. The number of nitrogens with two attached hydrogens (primary N) is 1. The molecule has 0 spiro atoms. The third-order valence-corrected chi connectivity index (χ3v) is 4.25. The van der Waals surface area contributed by atoms with Crippen LogP contribution in [0.2, 0.25) is 0 Å². The van der Waals surface area contributed by atoms with Gasteiger partial charge in [0.25, 0.3) is 5.91 Å². The summed E-state index contributed by atoms with van der Waals surface area (Å²) in [7, 11) is 3.24. The lowest BCUT2D eigenvalue weighted by molar-refractivity contribution is 0.0968. The smallest absolute Gasteiger partial charge is 0.263 e. The zero-order valence-corrected chi connectivity index (χ0v) is 13.1. The van der Waals surface area contributed by atoms with Crippen molar-refractivity contribution in [2.75, 3.05) is 25.2 Å². The Balaban J connectivity index is 2.11. The molecule has 0 aliphatic heterocycles. The van der Waals surface area contributed by atoms with Gasteiger partial charge in [-0.3, -0.25) is 4.79 Å². The van der Waals surface area contributed by atoms with Gasteiger partial charge in [0, 0.05) is 13.1 Å². The molecule has 1 aromatic heterocycles. The van der Waals surface area contributed by atoms with Crippen LogP contribution in [-0.4, -0.2) is 20.1 Å². The van der Waals surface area contributed by atoms with Crippen molar-refractivity contribution in [3.05, 3.63) is 40.8 Å². The second-order valence-electron chi connectivity index (χ2n) is 4.61. The molecule has 21 heavy (non-hydrogen) atoms. The van der Waals surface area contributed by atoms with Gasteiger partial charge in [0.1, 0.15) is 10.6 Å². The molecule has 1 amide bonds. The van der Waals surface area contributed by atoms with Crippen molar-refractivity contribution < 1.29 is 9.53 Å². The lowest BCUT2D eigenvalue weighted by Gasteiger charge is -2.14. The van der Waals surface area contributed by atoms with E-state index in [9.17, 15) is 4.79 Å². The average Bonchev–Trinajstić information content (AvgIpc) is 2.87. The van der Waals surface area contributed by atoms with E-state index >= 15 is 0 Å². The highest BCUT2D eigenvalue weighted by atomic mass is 32.1. The maximum Gasteiger partial charge on any atom is 0.263 e. The molecule has 6 heteroatoms. The van der Waals surface area contributed by atoms with Gasteiger partial charge in [-0.2, -0.15) is 0 Å². The molecular weight excluding hydrogens is 286 g/mol. The van der Waals surface area contributed by atoms with E-state index in [0.29, 0.717) is 10.6 Å². The number of anilines is 2. The summed E-state index contributed by atoms with van der Waals surface area (Å²) in [6.07, 6.45) is 0. The van der Waals surface area contributed by atoms with Crippen LogP contribution in [0.4, 0.5) is 10.7 Å². The standard InChI is InChI=1S/C15H19N3O2S/c1-9(10-4-6-11(20-3)7-5-10)18-13-8-12(16)14(21-13)15(19)17-2/h4-9,18H,16H2,1-3H3,(H,17,19). The molecule has 0 aliphatic rings. The summed E-state index contributed by atoms with van der Waals surface area (Å²) < 4.78 is 5.15. The molecule has 1 aromatic carbocycles. The van der Waals surface area contributed by atoms with E-state index in [4.69, 9.17) is 10.5 Å². The van der Waals surface area contributed by atoms with Crippen LogP contribution in [0.3, 0.4) is 0 Å². The van der Waals surface area contributed by atoms with Gasteiger partial charge in [0.05, 0.1) is 17.8 Å². The number of amides is 1. The van der Waals surface area contributed by atoms with Crippen LogP contribution in [0, 0.1) is 0 Å². The molecule has 1 heterocycles. The fraction of sp³-hybridized carbons (Fsp3) is 0.267. The quantitative estimate of drug-likeness (QED) is 0.794. The first-order valence-corrected chi connectivity index (χ1v) is 7.38. The van der Waals surface area contributed by atoms with Crippen LogP contribution >= 0.6 is 11.3 Å². The fourth-order valence-electron chi connectivity index (χ4n) is 1.96. The zero-order chi connectivity index (χ0) is 15.4. The van der Waals surface area contributed by atoms with E-state index in [1.54, 1.807) is 20.2 Å². The van der Waals surface area contributed by atoms with Gasteiger partial charge >= 0.3 is 0 Å². The van der Waals surface area contributed by atoms with Crippen LogP contribution in [0.25, 0.3) is 0 Å². The van der Waals surface area contributed by atoms with Crippen molar-refractivity contribution >= 4 is 27.9 Å². The summed E-state index contributed by atoms with van der Waals surface area (Å²) in [5, 5.41) is 6.81. The maximum absolute atomic E-state index is 11.7. The number of benzene rings is 1. The molecule has 1 atom stereocenters. The lowest BCUT2D eigenvalue weighted by Crippen LogP contribution is -2.17. The van der Waals surface area contributed by atoms with Crippen molar-refractivity contribution in [1.82, 2.24) is 5.32 Å². The van der Waals surface area contributed by atoms with Crippen LogP contribution in [0.5, 0.6) is 5.75 Å². The number of nitrogen functional groups attached to an aromatic ring is 1. The van der Waals surface area contributed by atoms with Crippen molar-refractivity contribution in [2.45, 2.75) is 13.0 Å². The first kappa shape index (κ1) is 15.2. The van der Waals surface area contributed by atoms with Gasteiger partial charge < -0.3 is 21.1 Å². The first-order chi connectivity index (χ1) is 10.0. The van der Waals surface area contributed by atoms with E-state index in [0.717, 1.165) is 16.3 Å². The predicted octanol–water partition coefficient (Wildman–Crippen LogP) is 2.87. The van der Waals surface area contributed by atoms with Gasteiger partial charge in [-0.05, 0) is 30.7 Å². The second-order valence-corrected chi connectivity index (χ2v) is 5.67. The number of carbonyl (C=O) groups is 1. The van der Waals surface area contributed by atoms with Gasteiger partial charge in [-0.1, -0.05) is 12.1 Å². The molecular formula is C15H19N3O2S. The maximum atomic E-state index is 11.7. The Bertz CT molecular complexity index is 622. The topological polar surface area (TPSA) is 76.4 Å². The number of ether oxygens (including phenoxy) is 1. The van der Waals surface area contributed by atoms with Gasteiger partial charge in [-0.15, -0.1) is 11.3 Å². The second kappa shape index (κ2) is 6.49. The molecule has 0 radical (unpaired) electrons. The Morgan fingerprint density at radius 2 is 2.00 bits per heavy atom. The minimum absolute atomic E-state index is 0.103. The summed E-state index contributed by atoms with van der Waals surface area (Å²) in [5.41, 5.74) is 7.48. The molecule has 4 N–H and O–H groups in total. The number of hydrogen-bond acceptors (Lipinski definition) is 5. The largest absolute Gasteiger partial charge is 0.497 e. The Labute approximate surface area is 128 Å². The lowest BCUT2D eigenvalue weighted by atomic mass is 10.1. The minimum Gasteiger partial charge on any atom is -0.497 e. The van der Waals surface area contributed by atoms with Gasteiger partial charge in [0.15, 0.2) is 0 Å². The normalized spacial score (nSPS) is 11.8. The predicted molar refractivity (Wildman–Crippen MR) is 87.2 cm³/mol. The van der Waals surface area contributed by atoms with Crippen LogP contribution in [0.15, 0.2) is 30.3 Å². The average molecular weight is 305 g/mol. The SMILES string of the molecule is CNC(=O)c1sc(NC(C)c2ccc(OC)cc2)cc1N. The summed E-state index contributed by atoms with van der Waals surface area (Å²) in [6.45, 7) is 2.05. The summed E-state index contributed by atoms with van der Waals surface area (Å²) in [4.78, 5) is 12.2. The summed E-state index contributed by atoms with van der Waals surface area (Å²) >= 11 is 1.35. The zero-order valence-electron chi connectivity index (χ0n) is 12.3. The molecule has 0 bridgehead atoms. The summed E-state index contributed by atoms with van der Waals surface area (Å²) in [5.74, 6) is 0.663. The molecule has 0 aliphatic carbocycles. The minimum atomic E-state index is -0.164. The third kappa shape index (κ3) is 3.46. The highest BCUT2D eigenvalue weighted by Crippen LogP contribution is 2.32. The molecule has 0 saturated heterocycles. The van der Waals surface area contributed by atoms with Crippen LogP contribution < -0.4 is 21.1 Å². The van der Waals surface area contributed by atoms with E-state index < -0.39 is 0 Å². The van der Waals surface area contributed by atoms with E-state index in [1.807, 2.05) is 24.3 Å². The van der Waals surface area contributed by atoms with E-state index in [-0.39, 0.29) is 11.9 Å². The highest BCUT2D eigenvalue weighted by molar-refractivity contribution is 7.18. The number of hydrogen-bond donors (Lipinski definition) is 3. The first-order valence-electron chi connectivity index (χ1n) is 6.57. The van der Waals surface area contributed by atoms with Crippen molar-refractivity contribution in [3.8, 4) is 5.75 Å². The number of rotatable bonds is 5. The number of methoxy groups -OCH3 is 1. The van der Waals surface area contributed by atoms with Crippen LogP contribution in [-0.2, 0) is 0 Å². The van der Waals surface area contributed by atoms with Gasteiger partial charge in [0.2, 0.25) is 0 Å². The molecule has 112 valence electrons. The number of nitrogens with one attached hydrogen (secondary N) is 2. The van der Waals surface area contributed by atoms with E-state index in [2.05, 4.69) is 17.6 Å². The Morgan fingerprint density at radius 3 is 2.57 bits per heavy atom. The third-order valence-electron chi connectivity index (χ3n) is 3.17. The van der Waals surface area contributed by atoms with E-state index in [1.165, 1.54) is 11.3 Å². The van der Waals surface area contributed by atoms with Gasteiger partial charge in [-0.25, -0.2) is 0 Å². The highest BCUT2D eigenvalue weighted by Gasteiger charge is 2.14. The Hall–Kier alpha value is -2.21. The van der Waals surface area contributed by atoms with Crippen LogP contribution in [0.1, 0.15) is 28.2 Å². The number of carbonyl (C=O) groups excluding carboxylic acids is 1. The Morgan fingerprint density at radius 1 is 1.33 bits per heavy atom. The molecule has 5 nitrogen and oxygen atoms in total. The summed E-state index contributed by atoms with van der Waals surface area (Å²) in [6, 6.07) is 9.75. The number of thiophene rings is 1. The van der Waals surface area contributed by atoms with Crippen molar-refractivity contribution in [1.29, 1.82) is 0 Å². The molecule has 0 fully saturated rings. The fourth-order valence-corrected chi connectivity index (χ4v) is 2.97. The molecule has 0 saturated carbocycles. The molecule has 2 rings (SSSR count). The molecule has 2 aromatic rings. The van der Waals surface area contributed by atoms with Crippen molar-refractivity contribution in [2.24, 2.45) is 0 Å². The van der Waals surface area contributed by atoms with Crippen molar-refractivity contribution in [3.63, 3.8) is 0 Å². The molecule has 1 unspecified atom stereocenters.